The van der Waals surface area contributed by atoms with Gasteiger partial charge >= 0.3 is 0 Å². The van der Waals surface area contributed by atoms with Crippen molar-refractivity contribution in [2.24, 2.45) is 0 Å². The standard InChI is InChI=1S/2C9H6O6.C4H10N2.4C3H4N2.2H2O/c2*10-7(11)4-1-5(8(12)13)3-6(2-4)9(14)15;1-2-6-4-3-5-1;4*1-2-5-3-4-1;;/h2*1-3H,(H,10,11)(H,12,13)(H,14,15);5-6H,1-4H2;4*1-3H,(H,4,5);2*1H2. The number of piperazine rings is 1. The summed E-state index contributed by atoms with van der Waals surface area (Å²) < 4.78 is 0. The lowest BCUT2D eigenvalue weighted by atomic mass is 10.1. The Balaban J connectivity index is 0. The molecule has 58 heavy (non-hydrogen) atoms. The Morgan fingerprint density at radius 3 is 0.621 bits per heavy atom. The monoisotopic (exact) mass is 814 g/mol. The van der Waals surface area contributed by atoms with Gasteiger partial charge in [0, 0.05) is 0 Å². The number of H-pyrrole nitrogens is 8. The van der Waals surface area contributed by atoms with Crippen molar-refractivity contribution in [3.05, 3.63) is 145 Å². The third kappa shape index (κ3) is 24.3. The number of aromatic amines is 8. The minimum absolute atomic E-state index is 0. The Morgan fingerprint density at radius 2 is 0.552 bits per heavy atom. The lowest BCUT2D eigenvalue weighted by molar-refractivity contribution is -0.787. The van der Waals surface area contributed by atoms with Gasteiger partial charge in [-0.2, -0.15) is 0 Å². The zero-order chi connectivity index (χ0) is 41.6. The van der Waals surface area contributed by atoms with Gasteiger partial charge in [0.25, 0.3) is 0 Å². The number of carbonyl (C=O) groups is 6. The lowest BCUT2D eigenvalue weighted by Gasteiger charge is -2.11. The average Bonchev–Trinajstić information content (AvgIpc) is 4.05. The van der Waals surface area contributed by atoms with Crippen LogP contribution in [0.4, 0.5) is 0 Å². The molecule has 2 aromatic carbocycles. The molecule has 0 radical (unpaired) electrons. The fourth-order valence-corrected chi connectivity index (χ4v) is 3.68. The highest BCUT2D eigenvalue weighted by Crippen LogP contribution is 2.10. The first-order chi connectivity index (χ1) is 26.8. The van der Waals surface area contributed by atoms with Gasteiger partial charge in [-0.1, -0.05) is 0 Å². The van der Waals surface area contributed by atoms with Crippen LogP contribution in [-0.2, 0) is 0 Å². The number of aromatic carboxylic acids is 6. The second kappa shape index (κ2) is 31.3. The van der Waals surface area contributed by atoms with Crippen LogP contribution in [0.5, 0.6) is 0 Å². The zero-order valence-corrected chi connectivity index (χ0v) is 30.3. The summed E-state index contributed by atoms with van der Waals surface area (Å²) in [6.45, 7) is 5.28. The number of carboxylic acid groups (broad SMARTS) is 6. The van der Waals surface area contributed by atoms with Crippen molar-refractivity contribution in [1.82, 2.24) is 19.9 Å². The third-order valence-electron chi connectivity index (χ3n) is 6.20. The summed E-state index contributed by atoms with van der Waals surface area (Å²) >= 11 is 0. The van der Waals surface area contributed by atoms with E-state index in [1.807, 2.05) is 49.6 Å². The second-order valence-electron chi connectivity index (χ2n) is 10.3. The van der Waals surface area contributed by atoms with Crippen LogP contribution in [0.2, 0.25) is 0 Å². The molecular weight excluding hydrogens is 772 g/mol. The molecule has 0 aliphatic carbocycles. The van der Waals surface area contributed by atoms with Crippen molar-refractivity contribution < 1.29 is 101 Å². The van der Waals surface area contributed by atoms with Crippen LogP contribution in [0.15, 0.2) is 111 Å². The molecule has 312 valence electrons. The van der Waals surface area contributed by atoms with Gasteiger partial charge in [-0.3, -0.25) is 39.9 Å². The number of rotatable bonds is 6. The first-order valence-electron chi connectivity index (χ1n) is 16.0. The molecule has 1 fully saturated rings. The highest BCUT2D eigenvalue weighted by molar-refractivity contribution is 5.98. The van der Waals surface area contributed by atoms with Crippen molar-refractivity contribution >= 4 is 35.8 Å². The van der Waals surface area contributed by atoms with Crippen LogP contribution in [0.1, 0.15) is 62.1 Å². The van der Waals surface area contributed by atoms with Crippen molar-refractivity contribution in [3.63, 3.8) is 0 Å². The van der Waals surface area contributed by atoms with Gasteiger partial charge in [-0.25, -0.2) is 0 Å². The quantitative estimate of drug-likeness (QED) is 0.0913. The largest absolute Gasteiger partial charge is 0.545 e. The summed E-state index contributed by atoms with van der Waals surface area (Å²) in [6.07, 6.45) is 21.6. The molecule has 0 spiro atoms. The molecule has 4 aromatic heterocycles. The Kier molecular flexibility index (Phi) is 28.1. The molecule has 0 atom stereocenters. The second-order valence-corrected chi connectivity index (χ2v) is 10.3. The maximum absolute atomic E-state index is 10.4. The zero-order valence-electron chi connectivity index (χ0n) is 30.3. The smallest absolute Gasteiger partial charge is 0.239 e. The number of aromatic nitrogens is 8. The van der Waals surface area contributed by atoms with Gasteiger partial charge in [0.2, 0.25) is 25.3 Å². The molecule has 0 unspecified atom stereocenters. The van der Waals surface area contributed by atoms with E-state index in [1.54, 1.807) is 25.3 Å². The maximum Gasteiger partial charge on any atom is 0.239 e. The fraction of sp³-hybridized carbons (Fsp3) is 0.118. The number of imidazole rings is 4. The van der Waals surface area contributed by atoms with Gasteiger partial charge in [0.05, 0.1) is 35.8 Å². The predicted octanol–water partition coefficient (Wildman–Crippen LogP) is -11.7. The summed E-state index contributed by atoms with van der Waals surface area (Å²) in [5.74, 6) is -10.1. The normalized spacial score (nSPS) is 10.2. The molecule has 1 saturated heterocycles. The van der Waals surface area contributed by atoms with Gasteiger partial charge in [-0.15, -0.1) is 0 Å². The molecule has 16 N–H and O–H groups in total. The molecule has 24 nitrogen and oxygen atoms in total. The molecule has 1 aliphatic heterocycles. The van der Waals surface area contributed by atoms with Gasteiger partial charge in [-0.05, 0) is 69.8 Å². The highest BCUT2D eigenvalue weighted by atomic mass is 16.4. The number of nitrogens with one attached hydrogen (secondary N) is 8. The average molecular weight is 815 g/mol. The van der Waals surface area contributed by atoms with Crippen LogP contribution < -0.4 is 61.2 Å². The molecule has 6 aromatic rings. The number of hydrogen-bond acceptors (Lipinski definition) is 12. The van der Waals surface area contributed by atoms with Crippen LogP contribution in [-0.4, -0.2) is 92.9 Å². The first kappa shape index (κ1) is 52.0. The maximum atomic E-state index is 10.4. The van der Waals surface area contributed by atoms with E-state index in [4.69, 9.17) is 0 Å². The molecule has 5 heterocycles. The Labute approximate surface area is 327 Å². The summed E-state index contributed by atoms with van der Waals surface area (Å²) in [5.41, 5.74) is -3.36. The van der Waals surface area contributed by atoms with Crippen molar-refractivity contribution in [3.8, 4) is 0 Å². The summed E-state index contributed by atoms with van der Waals surface area (Å²) in [5, 5.41) is 67.2. The lowest BCUT2D eigenvalue weighted by Crippen LogP contribution is -3.04. The van der Waals surface area contributed by atoms with Crippen molar-refractivity contribution in [2.45, 2.75) is 0 Å². The number of carboxylic acids is 6. The Hall–Kier alpha value is -8.06. The van der Waals surface area contributed by atoms with E-state index in [0.717, 1.165) is 36.4 Å². The minimum atomic E-state index is -1.68. The van der Waals surface area contributed by atoms with Crippen LogP contribution in [0.25, 0.3) is 0 Å². The number of hydrogen-bond donors (Lipinski definition) is 6. The van der Waals surface area contributed by atoms with E-state index in [0.29, 0.717) is 0 Å². The Morgan fingerprint density at radius 1 is 0.379 bits per heavy atom. The molecule has 24 heteroatoms. The predicted molar refractivity (Wildman–Crippen MR) is 179 cm³/mol. The molecule has 7 rings (SSSR count). The molecule has 1 aliphatic rings. The van der Waals surface area contributed by atoms with E-state index in [1.165, 1.54) is 26.2 Å². The van der Waals surface area contributed by atoms with E-state index >= 15 is 0 Å². The number of nitrogens with two attached hydrogens (primary N) is 2. The van der Waals surface area contributed by atoms with E-state index in [9.17, 15) is 59.4 Å². The molecule has 0 amide bonds. The summed E-state index contributed by atoms with van der Waals surface area (Å²) in [7, 11) is 0. The minimum Gasteiger partial charge on any atom is -0.545 e. The SMILES string of the molecule is C1C[NH2+]CC[NH2+]1.O.O.O=C([O-])c1cc(C(=O)[O-])cc(C(=O)[O-])c1.O=C([O-])c1cc(C(=O)[O-])cc(C(=O)[O-])c1.c1c[nH+]c[nH]1.c1c[nH+]c[nH]1.c1c[nH+]c[nH]1.c1c[nH+]c[nH]1. The third-order valence-corrected chi connectivity index (χ3v) is 6.20. The number of quaternary nitrogens is 2. The van der Waals surface area contributed by atoms with E-state index < -0.39 is 69.2 Å². The van der Waals surface area contributed by atoms with E-state index in [2.05, 4.69) is 50.5 Å². The van der Waals surface area contributed by atoms with Gasteiger partial charge in [0.1, 0.15) is 75.8 Å². The van der Waals surface area contributed by atoms with Crippen molar-refractivity contribution in [1.29, 1.82) is 0 Å². The van der Waals surface area contributed by atoms with E-state index in [-0.39, 0.29) is 11.0 Å². The van der Waals surface area contributed by atoms with Gasteiger partial charge < -0.3 is 81.0 Å². The fourth-order valence-electron chi connectivity index (χ4n) is 3.68. The van der Waals surface area contributed by atoms with Crippen LogP contribution in [0, 0.1) is 0 Å². The first-order valence-corrected chi connectivity index (χ1v) is 16.0. The molecule has 0 saturated carbocycles. The molecular formula is C34H42N10O14. The number of carbonyl (C=O) groups excluding carboxylic acids is 6. The van der Waals surface area contributed by atoms with Crippen LogP contribution in [0.3, 0.4) is 0 Å². The van der Waals surface area contributed by atoms with Gasteiger partial charge in [0.15, 0.2) is 0 Å². The van der Waals surface area contributed by atoms with Crippen LogP contribution >= 0.6 is 0 Å². The summed E-state index contributed by atoms with van der Waals surface area (Å²) in [4.78, 5) is 84.9. The summed E-state index contributed by atoms with van der Waals surface area (Å²) in [6, 6.07) is 4.48. The molecule has 0 bridgehead atoms. The number of benzene rings is 2. The topological polar surface area (TPSA) is 457 Å². The highest BCUT2D eigenvalue weighted by Gasteiger charge is 2.05. The van der Waals surface area contributed by atoms with Crippen molar-refractivity contribution in [2.75, 3.05) is 26.2 Å². The Bertz CT molecular complexity index is 1560.